The smallest absolute Gasteiger partial charge is 0.0544 e. The monoisotopic (exact) mass is 566 g/mol. The Morgan fingerprint density at radius 3 is 2.09 bits per heavy atom. The van der Waals surface area contributed by atoms with E-state index in [2.05, 4.69) is 175 Å². The van der Waals surface area contributed by atoms with E-state index in [1.807, 2.05) is 0 Å². The molecule has 1 aromatic heterocycles. The van der Waals surface area contributed by atoms with Crippen LogP contribution in [-0.4, -0.2) is 4.57 Å². The van der Waals surface area contributed by atoms with Gasteiger partial charge in [-0.3, -0.25) is 0 Å². The van der Waals surface area contributed by atoms with Crippen molar-refractivity contribution in [3.8, 4) is 16.8 Å². The number of anilines is 1. The number of hydrogen-bond acceptors (Lipinski definition) is 1. The van der Waals surface area contributed by atoms with Crippen molar-refractivity contribution in [2.24, 2.45) is 0 Å². The first kappa shape index (κ1) is 26.3. The highest BCUT2D eigenvalue weighted by atomic mass is 15.0. The Morgan fingerprint density at radius 2 is 1.30 bits per heavy atom. The number of nitrogens with one attached hydrogen (secondary N) is 1. The van der Waals surface area contributed by atoms with Gasteiger partial charge in [0.25, 0.3) is 0 Å². The predicted octanol–water partition coefficient (Wildman–Crippen LogP) is 10.8. The van der Waals surface area contributed by atoms with Crippen LogP contribution in [0.1, 0.15) is 36.1 Å². The Bertz CT molecular complexity index is 2170. The van der Waals surface area contributed by atoms with Crippen LogP contribution in [0.4, 0.5) is 5.69 Å². The van der Waals surface area contributed by atoms with Crippen LogP contribution in [0.25, 0.3) is 44.3 Å². The Balaban J connectivity index is 1.20. The van der Waals surface area contributed by atoms with Crippen LogP contribution in [-0.2, 0) is 11.8 Å². The Hall–Kier alpha value is -5.34. The average molecular weight is 567 g/mol. The van der Waals surface area contributed by atoms with Crippen LogP contribution in [0.15, 0.2) is 152 Å². The van der Waals surface area contributed by atoms with Crippen molar-refractivity contribution < 1.29 is 0 Å². The highest BCUT2D eigenvalue weighted by Gasteiger charge is 2.36. The molecule has 2 nitrogen and oxygen atoms in total. The highest BCUT2D eigenvalue weighted by molar-refractivity contribution is 6.11. The molecular formula is C42H34N2. The average Bonchev–Trinajstić information content (AvgIpc) is 3.51. The summed E-state index contributed by atoms with van der Waals surface area (Å²) in [6, 6.07) is 52.6. The standard InChI is InChI=1S/C42H34N2/c1-42(2)37-19-11-9-17-33(37)35-27-36-34-18-10-12-20-40(34)44(41(36)28-38(35)42)32-24-22-31(23-25-32)43-39(30-15-7-4-8-16-30)26-21-29-13-5-3-6-14-29/h3-20,22-28,43H,21H2,1-2H3/b39-26-. The highest BCUT2D eigenvalue weighted by Crippen LogP contribution is 2.50. The molecule has 44 heavy (non-hydrogen) atoms. The van der Waals surface area contributed by atoms with Crippen molar-refractivity contribution in [3.05, 3.63) is 174 Å². The van der Waals surface area contributed by atoms with Crippen molar-refractivity contribution in [2.45, 2.75) is 25.7 Å². The summed E-state index contributed by atoms with van der Waals surface area (Å²) in [5.74, 6) is 0. The molecule has 0 saturated carbocycles. The van der Waals surface area contributed by atoms with E-state index in [1.165, 1.54) is 55.2 Å². The quantitative estimate of drug-likeness (QED) is 0.212. The number of allylic oxidation sites excluding steroid dienone is 1. The summed E-state index contributed by atoms with van der Waals surface area (Å²) >= 11 is 0. The number of benzene rings is 6. The molecule has 0 radical (unpaired) electrons. The number of para-hydroxylation sites is 1. The second kappa shape index (κ2) is 10.4. The lowest BCUT2D eigenvalue weighted by Crippen LogP contribution is -2.14. The van der Waals surface area contributed by atoms with Crippen LogP contribution < -0.4 is 5.32 Å². The Morgan fingerprint density at radius 1 is 0.614 bits per heavy atom. The maximum atomic E-state index is 3.72. The van der Waals surface area contributed by atoms with Crippen LogP contribution in [0.5, 0.6) is 0 Å². The van der Waals surface area contributed by atoms with Crippen molar-refractivity contribution in [2.75, 3.05) is 5.32 Å². The van der Waals surface area contributed by atoms with Gasteiger partial charge in [0.1, 0.15) is 0 Å². The molecule has 1 N–H and O–H groups in total. The molecule has 0 saturated heterocycles. The zero-order valence-electron chi connectivity index (χ0n) is 25.1. The molecular weight excluding hydrogens is 532 g/mol. The third-order valence-corrected chi connectivity index (χ3v) is 9.25. The van der Waals surface area contributed by atoms with Crippen molar-refractivity contribution in [3.63, 3.8) is 0 Å². The van der Waals surface area contributed by atoms with E-state index in [0.717, 1.165) is 23.5 Å². The number of aromatic nitrogens is 1. The Kier molecular flexibility index (Phi) is 6.23. The minimum absolute atomic E-state index is 0.0465. The van der Waals surface area contributed by atoms with Gasteiger partial charge in [0, 0.05) is 33.3 Å². The van der Waals surface area contributed by atoms with Gasteiger partial charge < -0.3 is 9.88 Å². The van der Waals surface area contributed by atoms with E-state index in [1.54, 1.807) is 0 Å². The van der Waals surface area contributed by atoms with Crippen LogP contribution >= 0.6 is 0 Å². The molecule has 0 spiro atoms. The Labute approximate surface area is 258 Å². The summed E-state index contributed by atoms with van der Waals surface area (Å²) in [5.41, 5.74) is 13.7. The lowest BCUT2D eigenvalue weighted by Gasteiger charge is -2.21. The normalized spacial score (nSPS) is 13.6. The molecule has 0 amide bonds. The van der Waals surface area contributed by atoms with Crippen LogP contribution in [0.2, 0.25) is 0 Å². The fourth-order valence-corrected chi connectivity index (χ4v) is 6.98. The molecule has 0 bridgehead atoms. The first-order valence-corrected chi connectivity index (χ1v) is 15.4. The van der Waals surface area contributed by atoms with Gasteiger partial charge in [-0.25, -0.2) is 0 Å². The molecule has 0 aliphatic heterocycles. The summed E-state index contributed by atoms with van der Waals surface area (Å²) in [5, 5.41) is 6.30. The van der Waals surface area contributed by atoms with Gasteiger partial charge >= 0.3 is 0 Å². The molecule has 2 heteroatoms. The van der Waals surface area contributed by atoms with Crippen molar-refractivity contribution >= 4 is 33.2 Å². The van der Waals surface area contributed by atoms with E-state index in [0.29, 0.717) is 0 Å². The molecule has 6 aromatic carbocycles. The van der Waals surface area contributed by atoms with Gasteiger partial charge in [-0.2, -0.15) is 0 Å². The van der Waals surface area contributed by atoms with Gasteiger partial charge in [0.15, 0.2) is 0 Å². The molecule has 212 valence electrons. The van der Waals surface area contributed by atoms with Crippen molar-refractivity contribution in [1.29, 1.82) is 0 Å². The lowest BCUT2D eigenvalue weighted by atomic mass is 9.82. The topological polar surface area (TPSA) is 17.0 Å². The molecule has 1 aliphatic rings. The molecule has 1 heterocycles. The third kappa shape index (κ3) is 4.34. The number of fused-ring (bicyclic) bond motifs is 6. The minimum atomic E-state index is -0.0465. The van der Waals surface area contributed by atoms with E-state index in [4.69, 9.17) is 0 Å². The van der Waals surface area contributed by atoms with Gasteiger partial charge in [-0.1, -0.05) is 123 Å². The molecule has 0 fully saturated rings. The van der Waals surface area contributed by atoms with Gasteiger partial charge in [0.05, 0.1) is 11.0 Å². The second-order valence-corrected chi connectivity index (χ2v) is 12.3. The molecule has 0 atom stereocenters. The first-order valence-electron chi connectivity index (χ1n) is 15.4. The zero-order valence-corrected chi connectivity index (χ0v) is 25.1. The van der Waals surface area contributed by atoms with E-state index >= 15 is 0 Å². The molecule has 1 aliphatic carbocycles. The van der Waals surface area contributed by atoms with Crippen molar-refractivity contribution in [1.82, 2.24) is 4.57 Å². The molecule has 7 aromatic rings. The zero-order chi connectivity index (χ0) is 29.7. The summed E-state index contributed by atoms with van der Waals surface area (Å²) in [7, 11) is 0. The molecule has 8 rings (SSSR count). The van der Waals surface area contributed by atoms with E-state index < -0.39 is 0 Å². The molecule has 0 unspecified atom stereocenters. The fraction of sp³-hybridized carbons (Fsp3) is 0.0952. The number of nitrogens with zero attached hydrogens (tertiary/aromatic N) is 1. The largest absolute Gasteiger partial charge is 0.355 e. The third-order valence-electron chi connectivity index (χ3n) is 9.25. The minimum Gasteiger partial charge on any atom is -0.355 e. The maximum absolute atomic E-state index is 3.72. The summed E-state index contributed by atoms with van der Waals surface area (Å²) in [4.78, 5) is 0. The lowest BCUT2D eigenvalue weighted by molar-refractivity contribution is 0.661. The summed E-state index contributed by atoms with van der Waals surface area (Å²) in [6.07, 6.45) is 3.15. The SMILES string of the molecule is CC1(C)c2ccccc2-c2cc3c4ccccc4n(-c4ccc(N/C(=C\Cc5ccccc5)c5ccccc5)cc4)c3cc21. The number of rotatable bonds is 6. The van der Waals surface area contributed by atoms with Gasteiger partial charge in [-0.05, 0) is 82.3 Å². The number of hydrogen-bond donors (Lipinski definition) is 1. The van der Waals surface area contributed by atoms with E-state index in [9.17, 15) is 0 Å². The first-order chi connectivity index (χ1) is 21.6. The second-order valence-electron chi connectivity index (χ2n) is 12.3. The fourth-order valence-electron chi connectivity index (χ4n) is 6.98. The summed E-state index contributed by atoms with van der Waals surface area (Å²) < 4.78 is 2.43. The maximum Gasteiger partial charge on any atom is 0.0544 e. The summed E-state index contributed by atoms with van der Waals surface area (Å²) in [6.45, 7) is 4.71. The van der Waals surface area contributed by atoms with Gasteiger partial charge in [-0.15, -0.1) is 0 Å². The predicted molar refractivity (Wildman–Crippen MR) is 187 cm³/mol. The van der Waals surface area contributed by atoms with Gasteiger partial charge in [0.2, 0.25) is 0 Å². The van der Waals surface area contributed by atoms with Crippen LogP contribution in [0, 0.1) is 0 Å². The van der Waals surface area contributed by atoms with E-state index in [-0.39, 0.29) is 5.41 Å². The van der Waals surface area contributed by atoms with Crippen LogP contribution in [0.3, 0.4) is 0 Å².